The molecule has 4 rings (SSSR count). The highest BCUT2D eigenvalue weighted by Crippen LogP contribution is 2.27. The molecule has 0 spiro atoms. The van der Waals surface area contributed by atoms with Crippen LogP contribution in [-0.2, 0) is 24.1 Å². The first kappa shape index (κ1) is 21.1. The number of hydrogen-bond acceptors (Lipinski definition) is 5. The molecule has 0 radical (unpaired) electrons. The molecule has 1 amide bonds. The lowest BCUT2D eigenvalue weighted by atomic mass is 10.1. The first-order valence-corrected chi connectivity index (χ1v) is 11.3. The van der Waals surface area contributed by atoms with Gasteiger partial charge < -0.3 is 10.1 Å². The van der Waals surface area contributed by atoms with E-state index in [1.807, 2.05) is 0 Å². The van der Waals surface area contributed by atoms with Crippen LogP contribution in [0.1, 0.15) is 23.2 Å². The van der Waals surface area contributed by atoms with Gasteiger partial charge in [-0.1, -0.05) is 0 Å². The van der Waals surface area contributed by atoms with Crippen LogP contribution in [0.25, 0.3) is 11.0 Å². The fourth-order valence-electron chi connectivity index (χ4n) is 3.89. The number of hydrogen-bond donors (Lipinski definition) is 1. The molecule has 0 atom stereocenters. The summed E-state index contributed by atoms with van der Waals surface area (Å²) in [5, 5.41) is 2.78. The van der Waals surface area contributed by atoms with Gasteiger partial charge in [-0.3, -0.25) is 13.9 Å². The van der Waals surface area contributed by atoms with Crippen LogP contribution in [0.2, 0.25) is 0 Å². The van der Waals surface area contributed by atoms with Crippen molar-refractivity contribution in [3.8, 4) is 5.75 Å². The summed E-state index contributed by atoms with van der Waals surface area (Å²) in [5.41, 5.74) is 1.84. The van der Waals surface area contributed by atoms with Gasteiger partial charge in [-0.05, 0) is 49.2 Å². The van der Waals surface area contributed by atoms with Crippen LogP contribution >= 0.6 is 0 Å². The second-order valence-corrected chi connectivity index (χ2v) is 9.47. The molecule has 1 aliphatic heterocycles. The number of rotatable bonds is 5. The van der Waals surface area contributed by atoms with Gasteiger partial charge in [-0.2, -0.15) is 4.31 Å². The summed E-state index contributed by atoms with van der Waals surface area (Å²) < 4.78 is 35.5. The topological polar surface area (TPSA) is 103 Å². The zero-order valence-electron chi connectivity index (χ0n) is 17.6. The summed E-state index contributed by atoms with van der Waals surface area (Å²) in [6, 6.07) is 9.43. The van der Waals surface area contributed by atoms with Gasteiger partial charge in [0.05, 0.1) is 28.6 Å². The molecule has 31 heavy (non-hydrogen) atoms. The normalized spacial score (nSPS) is 14.8. The minimum Gasteiger partial charge on any atom is -0.496 e. The number of amides is 1. The maximum Gasteiger partial charge on any atom is 0.328 e. The standard InChI is InChI=1S/C21H24N4O5S/c1-23-17-8-6-14(12-18(17)24(2)21(23)27)22-20(26)16-13-15(7-9-19(16)30-3)31(28,29)25-10-4-5-11-25/h6-9,12-13H,4-5,10-11H2,1-3H3,(H,22,26). The van der Waals surface area contributed by atoms with Gasteiger partial charge in [0.1, 0.15) is 5.75 Å². The Labute approximate surface area is 179 Å². The van der Waals surface area contributed by atoms with Crippen molar-refractivity contribution in [2.24, 2.45) is 14.1 Å². The SMILES string of the molecule is COc1ccc(S(=O)(=O)N2CCCC2)cc1C(=O)Nc1ccc2c(c1)n(C)c(=O)n2C. The predicted octanol–water partition coefficient (Wildman–Crippen LogP) is 1.92. The second kappa shape index (κ2) is 7.86. The van der Waals surface area contributed by atoms with Crippen LogP contribution < -0.4 is 15.7 Å². The van der Waals surface area contributed by atoms with E-state index in [4.69, 9.17) is 4.74 Å². The van der Waals surface area contributed by atoms with Gasteiger partial charge in [0.15, 0.2) is 0 Å². The van der Waals surface area contributed by atoms with Crippen molar-refractivity contribution in [3.63, 3.8) is 0 Å². The molecule has 2 heterocycles. The van der Waals surface area contributed by atoms with E-state index in [9.17, 15) is 18.0 Å². The molecule has 3 aromatic rings. The summed E-state index contributed by atoms with van der Waals surface area (Å²) in [5.74, 6) is -0.235. The molecule has 164 valence electrons. The number of nitrogens with zero attached hydrogens (tertiary/aromatic N) is 3. The average molecular weight is 445 g/mol. The third-order valence-electron chi connectivity index (χ3n) is 5.65. The molecule has 1 fully saturated rings. The molecule has 0 unspecified atom stereocenters. The van der Waals surface area contributed by atoms with E-state index in [0.717, 1.165) is 18.4 Å². The fourth-order valence-corrected chi connectivity index (χ4v) is 5.43. The van der Waals surface area contributed by atoms with Crippen molar-refractivity contribution in [2.45, 2.75) is 17.7 Å². The number of aromatic nitrogens is 2. The first-order chi connectivity index (χ1) is 14.7. The van der Waals surface area contributed by atoms with E-state index < -0.39 is 15.9 Å². The zero-order valence-corrected chi connectivity index (χ0v) is 18.4. The lowest BCUT2D eigenvalue weighted by molar-refractivity contribution is 0.102. The van der Waals surface area contributed by atoms with E-state index in [1.165, 1.54) is 38.7 Å². The molecule has 1 aromatic heterocycles. The third-order valence-corrected chi connectivity index (χ3v) is 7.54. The number of methoxy groups -OCH3 is 1. The summed E-state index contributed by atoms with van der Waals surface area (Å²) >= 11 is 0. The van der Waals surface area contributed by atoms with Crippen molar-refractivity contribution in [3.05, 3.63) is 52.4 Å². The zero-order chi connectivity index (χ0) is 22.3. The van der Waals surface area contributed by atoms with Crippen molar-refractivity contribution in [2.75, 3.05) is 25.5 Å². The van der Waals surface area contributed by atoms with Gasteiger partial charge in [-0.15, -0.1) is 0 Å². The summed E-state index contributed by atoms with van der Waals surface area (Å²) in [4.78, 5) is 25.2. The largest absolute Gasteiger partial charge is 0.496 e. The summed E-state index contributed by atoms with van der Waals surface area (Å²) in [7, 11) is 1.09. The number of anilines is 1. The minimum absolute atomic E-state index is 0.0567. The van der Waals surface area contributed by atoms with Crippen LogP contribution in [0.5, 0.6) is 5.75 Å². The molecule has 10 heteroatoms. The van der Waals surface area contributed by atoms with Crippen LogP contribution in [0.15, 0.2) is 46.1 Å². The van der Waals surface area contributed by atoms with Crippen LogP contribution in [-0.4, -0.2) is 48.0 Å². The van der Waals surface area contributed by atoms with E-state index >= 15 is 0 Å². The maximum absolute atomic E-state index is 13.0. The Morgan fingerprint density at radius 2 is 1.68 bits per heavy atom. The summed E-state index contributed by atoms with van der Waals surface area (Å²) in [6.07, 6.45) is 1.65. The molecule has 1 N–H and O–H groups in total. The monoisotopic (exact) mass is 444 g/mol. The van der Waals surface area contributed by atoms with Crippen molar-refractivity contribution in [1.29, 1.82) is 0 Å². The molecule has 1 aliphatic rings. The summed E-state index contributed by atoms with van der Waals surface area (Å²) in [6.45, 7) is 0.956. The molecule has 2 aromatic carbocycles. The van der Waals surface area contributed by atoms with Crippen LogP contribution in [0.3, 0.4) is 0 Å². The first-order valence-electron chi connectivity index (χ1n) is 9.89. The number of imidazole rings is 1. The Bertz CT molecular complexity index is 1330. The molecule has 1 saturated heterocycles. The lowest BCUT2D eigenvalue weighted by Gasteiger charge is -2.17. The number of carbonyl (C=O) groups is 1. The van der Waals surface area contributed by atoms with E-state index in [-0.39, 0.29) is 21.9 Å². The number of nitrogens with one attached hydrogen (secondary N) is 1. The maximum atomic E-state index is 13.0. The number of benzene rings is 2. The van der Waals surface area contributed by atoms with Crippen molar-refractivity contribution in [1.82, 2.24) is 13.4 Å². The number of sulfonamides is 1. The van der Waals surface area contributed by atoms with Gasteiger partial charge in [0.2, 0.25) is 10.0 Å². The number of aryl methyl sites for hydroxylation is 2. The molecule has 9 nitrogen and oxygen atoms in total. The quantitative estimate of drug-likeness (QED) is 0.648. The number of carbonyl (C=O) groups excluding carboxylic acids is 1. The smallest absolute Gasteiger partial charge is 0.328 e. The number of ether oxygens (including phenoxy) is 1. The lowest BCUT2D eigenvalue weighted by Crippen LogP contribution is -2.28. The highest BCUT2D eigenvalue weighted by atomic mass is 32.2. The van der Waals surface area contributed by atoms with Crippen molar-refractivity contribution >= 4 is 32.7 Å². The molecular weight excluding hydrogens is 420 g/mol. The molecule has 0 bridgehead atoms. The van der Waals surface area contributed by atoms with Gasteiger partial charge in [0.25, 0.3) is 5.91 Å². The van der Waals surface area contributed by atoms with Crippen LogP contribution in [0, 0.1) is 0 Å². The Hall–Kier alpha value is -3.11. The van der Waals surface area contributed by atoms with Crippen molar-refractivity contribution < 1.29 is 17.9 Å². The molecular formula is C21H24N4O5S. The Balaban J connectivity index is 1.68. The number of fused-ring (bicyclic) bond motifs is 1. The molecule has 0 saturated carbocycles. The van der Waals surface area contributed by atoms with Crippen LogP contribution in [0.4, 0.5) is 5.69 Å². The third kappa shape index (κ3) is 3.61. The van der Waals surface area contributed by atoms with Gasteiger partial charge >= 0.3 is 5.69 Å². The minimum atomic E-state index is -3.67. The Morgan fingerprint density at radius 3 is 2.35 bits per heavy atom. The second-order valence-electron chi connectivity index (χ2n) is 7.53. The Morgan fingerprint density at radius 1 is 1.00 bits per heavy atom. The van der Waals surface area contributed by atoms with Gasteiger partial charge in [-0.25, -0.2) is 13.2 Å². The van der Waals surface area contributed by atoms with Gasteiger partial charge in [0, 0.05) is 32.9 Å². The predicted molar refractivity (Wildman–Crippen MR) is 117 cm³/mol. The molecule has 0 aliphatic carbocycles. The highest BCUT2D eigenvalue weighted by molar-refractivity contribution is 7.89. The average Bonchev–Trinajstić information content (AvgIpc) is 3.38. The fraction of sp³-hybridized carbons (Fsp3) is 0.333. The van der Waals surface area contributed by atoms with E-state index in [0.29, 0.717) is 24.3 Å². The van der Waals surface area contributed by atoms with E-state index in [2.05, 4.69) is 5.32 Å². The van der Waals surface area contributed by atoms with E-state index in [1.54, 1.807) is 32.3 Å². The highest BCUT2D eigenvalue weighted by Gasteiger charge is 2.28. The Kier molecular flexibility index (Phi) is 5.36.